The summed E-state index contributed by atoms with van der Waals surface area (Å²) >= 11 is 0. The Morgan fingerprint density at radius 2 is 1.19 bits per heavy atom. The van der Waals surface area contributed by atoms with E-state index < -0.39 is 18.1 Å². The van der Waals surface area contributed by atoms with Gasteiger partial charge in [0.1, 0.15) is 12.6 Å². The lowest BCUT2D eigenvalue weighted by molar-refractivity contribution is -0.889. The zero-order chi connectivity index (χ0) is 27.9. The topological polar surface area (TPSA) is 102 Å². The highest BCUT2D eigenvalue weighted by molar-refractivity contribution is 5.70. The Balaban J connectivity index is 4.53. The van der Waals surface area contributed by atoms with Gasteiger partial charge < -0.3 is 28.6 Å². The van der Waals surface area contributed by atoms with Crippen LogP contribution in [0, 0.1) is 0 Å². The lowest BCUT2D eigenvalue weighted by atomic mass is 10.1. The van der Waals surface area contributed by atoms with Crippen molar-refractivity contribution in [3.63, 3.8) is 0 Å². The molecule has 0 fully saturated rings. The van der Waals surface area contributed by atoms with Crippen LogP contribution in [-0.2, 0) is 28.6 Å². The lowest BCUT2D eigenvalue weighted by Crippen LogP contribution is -2.55. The minimum absolute atomic E-state index is 0.0455. The van der Waals surface area contributed by atoms with E-state index in [4.69, 9.17) is 14.2 Å². The van der Waals surface area contributed by atoms with Crippen LogP contribution in [0.2, 0.25) is 0 Å². The second kappa shape index (κ2) is 22.3. The molecule has 0 bridgehead atoms. The number of nitrogens with zero attached hydrogens (tertiary/aromatic N) is 1. The third kappa shape index (κ3) is 21.0. The second-order valence-corrected chi connectivity index (χ2v) is 11.0. The number of ether oxygens (including phenoxy) is 3. The number of quaternary nitrogens is 1. The number of unbranched alkanes of at least 4 members (excludes halogenated alkanes) is 11. The Bertz CT molecular complexity index is 604. The van der Waals surface area contributed by atoms with Gasteiger partial charge in [-0.25, -0.2) is 0 Å². The smallest absolute Gasteiger partial charge is 0.306 e. The zero-order valence-corrected chi connectivity index (χ0v) is 24.4. The summed E-state index contributed by atoms with van der Waals surface area (Å²) in [5.41, 5.74) is 0. The maximum atomic E-state index is 12.4. The predicted molar refractivity (Wildman–Crippen MR) is 144 cm³/mol. The number of esters is 2. The monoisotopic (exact) mass is 529 g/mol. The summed E-state index contributed by atoms with van der Waals surface area (Å²) in [7, 11) is 5.37. The first-order valence-corrected chi connectivity index (χ1v) is 14.6. The van der Waals surface area contributed by atoms with Gasteiger partial charge in [0.05, 0.1) is 40.3 Å². The highest BCUT2D eigenvalue weighted by Crippen LogP contribution is 2.12. The molecule has 218 valence electrons. The minimum Gasteiger partial charge on any atom is -0.544 e. The molecule has 0 aliphatic carbocycles. The highest BCUT2D eigenvalue weighted by atomic mass is 16.6. The number of carboxylic acids is 1. The molecule has 0 radical (unpaired) electrons. The van der Waals surface area contributed by atoms with Gasteiger partial charge in [0.15, 0.2) is 6.10 Å². The van der Waals surface area contributed by atoms with Crippen LogP contribution in [0.1, 0.15) is 117 Å². The SMILES string of the molecule is CCCCCCCCCCC(=O)OC(COCCC(C(=O)[O-])[N+](C)(C)C)COC(=O)CCCCCCC. The van der Waals surface area contributed by atoms with Crippen molar-refractivity contribution in [3.8, 4) is 0 Å². The van der Waals surface area contributed by atoms with Gasteiger partial charge in [-0.15, -0.1) is 0 Å². The van der Waals surface area contributed by atoms with Crippen molar-refractivity contribution in [1.82, 2.24) is 0 Å². The summed E-state index contributed by atoms with van der Waals surface area (Å²) in [4.78, 5) is 36.0. The van der Waals surface area contributed by atoms with Crippen LogP contribution in [0.15, 0.2) is 0 Å². The molecule has 0 saturated heterocycles. The maximum Gasteiger partial charge on any atom is 0.306 e. The van der Waals surface area contributed by atoms with Crippen LogP contribution in [-0.4, -0.2) is 75.5 Å². The Hall–Kier alpha value is -1.67. The van der Waals surface area contributed by atoms with E-state index in [1.54, 1.807) is 21.1 Å². The largest absolute Gasteiger partial charge is 0.544 e. The first-order chi connectivity index (χ1) is 17.6. The fourth-order valence-electron chi connectivity index (χ4n) is 4.13. The molecule has 2 atom stereocenters. The number of hydrogen-bond donors (Lipinski definition) is 0. The van der Waals surface area contributed by atoms with Crippen LogP contribution in [0.5, 0.6) is 0 Å². The number of aliphatic carboxylic acids is 1. The Kier molecular flexibility index (Phi) is 21.3. The van der Waals surface area contributed by atoms with Gasteiger partial charge in [0, 0.05) is 19.3 Å². The summed E-state index contributed by atoms with van der Waals surface area (Å²) in [5, 5.41) is 11.4. The van der Waals surface area contributed by atoms with Crippen molar-refractivity contribution in [2.75, 3.05) is 41.0 Å². The summed E-state index contributed by atoms with van der Waals surface area (Å²) in [5.74, 6) is -1.76. The van der Waals surface area contributed by atoms with Gasteiger partial charge in [-0.05, 0) is 12.8 Å². The van der Waals surface area contributed by atoms with E-state index in [0.717, 1.165) is 51.4 Å². The van der Waals surface area contributed by atoms with Crippen molar-refractivity contribution >= 4 is 17.9 Å². The molecular weight excluding hydrogens is 474 g/mol. The molecule has 0 aliphatic heterocycles. The Labute approximate surface area is 226 Å². The molecule has 8 nitrogen and oxygen atoms in total. The van der Waals surface area contributed by atoms with Gasteiger partial charge in [0.2, 0.25) is 0 Å². The summed E-state index contributed by atoms with van der Waals surface area (Å²) in [6.07, 6.45) is 14.5. The van der Waals surface area contributed by atoms with Crippen LogP contribution in [0.4, 0.5) is 0 Å². The quantitative estimate of drug-likeness (QED) is 0.0970. The summed E-state index contributed by atoms with van der Waals surface area (Å²) in [6, 6.07) is -0.714. The van der Waals surface area contributed by atoms with Crippen LogP contribution >= 0.6 is 0 Å². The van der Waals surface area contributed by atoms with E-state index in [2.05, 4.69) is 13.8 Å². The molecule has 0 amide bonds. The van der Waals surface area contributed by atoms with E-state index in [0.29, 0.717) is 12.8 Å². The number of hydrogen-bond acceptors (Lipinski definition) is 7. The molecule has 0 aliphatic rings. The lowest BCUT2D eigenvalue weighted by Gasteiger charge is -2.34. The van der Waals surface area contributed by atoms with Crippen molar-refractivity contribution in [2.24, 2.45) is 0 Å². The van der Waals surface area contributed by atoms with Crippen LogP contribution in [0.25, 0.3) is 0 Å². The molecule has 0 rings (SSSR count). The molecule has 2 unspecified atom stereocenters. The van der Waals surface area contributed by atoms with Gasteiger partial charge in [-0.1, -0.05) is 84.5 Å². The molecule has 0 heterocycles. The average molecular weight is 530 g/mol. The van der Waals surface area contributed by atoms with Gasteiger partial charge in [-0.2, -0.15) is 0 Å². The number of carbonyl (C=O) groups excluding carboxylic acids is 3. The second-order valence-electron chi connectivity index (χ2n) is 11.0. The number of carboxylic acid groups (broad SMARTS) is 1. The van der Waals surface area contributed by atoms with Gasteiger partial charge in [0.25, 0.3) is 0 Å². The molecule has 37 heavy (non-hydrogen) atoms. The van der Waals surface area contributed by atoms with E-state index in [1.807, 2.05) is 0 Å². The van der Waals surface area contributed by atoms with Crippen molar-refractivity contribution < 1.29 is 38.2 Å². The zero-order valence-electron chi connectivity index (χ0n) is 24.4. The van der Waals surface area contributed by atoms with E-state index in [1.165, 1.54) is 32.1 Å². The molecule has 0 saturated carbocycles. The molecule has 0 aromatic heterocycles. The number of rotatable bonds is 25. The van der Waals surface area contributed by atoms with Gasteiger partial charge >= 0.3 is 11.9 Å². The summed E-state index contributed by atoms with van der Waals surface area (Å²) < 4.78 is 16.8. The molecule has 0 aromatic rings. The number of carbonyl (C=O) groups is 3. The molecule has 0 spiro atoms. The maximum absolute atomic E-state index is 12.4. The van der Waals surface area contributed by atoms with Crippen LogP contribution in [0.3, 0.4) is 0 Å². The minimum atomic E-state index is -1.13. The fourth-order valence-corrected chi connectivity index (χ4v) is 4.13. The fraction of sp³-hybridized carbons (Fsp3) is 0.897. The van der Waals surface area contributed by atoms with E-state index in [9.17, 15) is 19.5 Å². The number of likely N-dealkylation sites (N-methyl/N-ethyl adjacent to an activating group) is 1. The Morgan fingerprint density at radius 1 is 0.703 bits per heavy atom. The third-order valence-electron chi connectivity index (χ3n) is 6.49. The van der Waals surface area contributed by atoms with Gasteiger partial charge in [-0.3, -0.25) is 9.59 Å². The summed E-state index contributed by atoms with van der Waals surface area (Å²) in [6.45, 7) is 4.51. The normalized spacial score (nSPS) is 13.2. The van der Waals surface area contributed by atoms with Crippen LogP contribution < -0.4 is 5.11 Å². The standard InChI is InChI=1S/C29H55NO7/c1-6-8-10-12-13-14-16-18-20-28(32)37-25(24-36-27(31)19-17-15-11-9-7-2)23-35-22-21-26(29(33)34)30(3,4)5/h25-26H,6-24H2,1-5H3. The average Bonchev–Trinajstić information content (AvgIpc) is 2.82. The predicted octanol–water partition coefficient (Wildman–Crippen LogP) is 4.56. The molecule has 0 aromatic carbocycles. The first kappa shape index (κ1) is 35.3. The van der Waals surface area contributed by atoms with Crippen molar-refractivity contribution in [3.05, 3.63) is 0 Å². The molecule has 0 N–H and O–H groups in total. The van der Waals surface area contributed by atoms with E-state index >= 15 is 0 Å². The highest BCUT2D eigenvalue weighted by Gasteiger charge is 2.25. The van der Waals surface area contributed by atoms with Crippen molar-refractivity contribution in [1.29, 1.82) is 0 Å². The molecule has 8 heteroatoms. The third-order valence-corrected chi connectivity index (χ3v) is 6.49. The molecular formula is C29H55NO7. The first-order valence-electron chi connectivity index (χ1n) is 14.6. The van der Waals surface area contributed by atoms with Crippen molar-refractivity contribution in [2.45, 2.75) is 129 Å². The van der Waals surface area contributed by atoms with E-state index in [-0.39, 0.29) is 42.7 Å². The Morgan fingerprint density at radius 3 is 1.68 bits per heavy atom.